The van der Waals surface area contributed by atoms with Crippen LogP contribution in [0.5, 0.6) is 0 Å². The summed E-state index contributed by atoms with van der Waals surface area (Å²) in [6.45, 7) is 1.59. The first-order valence-corrected chi connectivity index (χ1v) is 6.13. The van der Waals surface area contributed by atoms with E-state index in [2.05, 4.69) is 5.32 Å². The van der Waals surface area contributed by atoms with Crippen molar-refractivity contribution < 1.29 is 24.2 Å². The predicted molar refractivity (Wildman–Crippen MR) is 68.9 cm³/mol. The molecule has 1 aromatic rings. The molecule has 1 heterocycles. The molecule has 1 fully saturated rings. The predicted octanol–water partition coefficient (Wildman–Crippen LogP) is 1.19. The number of likely N-dealkylation sites (tertiary alicyclic amines) is 1. The molecule has 1 saturated heterocycles. The Balaban J connectivity index is 2.13. The molecule has 1 aliphatic heterocycles. The Morgan fingerprint density at radius 3 is 2.75 bits per heavy atom. The highest BCUT2D eigenvalue weighted by molar-refractivity contribution is 5.93. The first-order chi connectivity index (χ1) is 9.38. The summed E-state index contributed by atoms with van der Waals surface area (Å²) in [4.78, 5) is 24.2. The fourth-order valence-electron chi connectivity index (χ4n) is 2.23. The minimum atomic E-state index is -1.16. The fraction of sp³-hybridized carbons (Fsp3) is 0.385. The Hall–Kier alpha value is -2.15. The van der Waals surface area contributed by atoms with Crippen LogP contribution >= 0.6 is 0 Å². The number of aliphatic carboxylic acids is 1. The van der Waals surface area contributed by atoms with Gasteiger partial charge in [-0.05, 0) is 30.7 Å². The van der Waals surface area contributed by atoms with Crippen molar-refractivity contribution in [1.82, 2.24) is 4.90 Å². The Morgan fingerprint density at radius 1 is 1.45 bits per heavy atom. The second-order valence-electron chi connectivity index (χ2n) is 4.79. The molecule has 3 N–H and O–H groups in total. The molecule has 0 saturated carbocycles. The zero-order valence-corrected chi connectivity index (χ0v) is 10.8. The lowest BCUT2D eigenvalue weighted by atomic mass is 10.2. The number of aliphatic hydroxyl groups is 1. The number of benzene rings is 1. The zero-order valence-electron chi connectivity index (χ0n) is 10.8. The topological polar surface area (TPSA) is 89.9 Å². The molecule has 0 bridgehead atoms. The van der Waals surface area contributed by atoms with Crippen LogP contribution in [0.2, 0.25) is 0 Å². The smallest absolute Gasteiger partial charge is 0.326 e. The van der Waals surface area contributed by atoms with Gasteiger partial charge in [0.05, 0.1) is 6.10 Å². The van der Waals surface area contributed by atoms with Crippen molar-refractivity contribution >= 4 is 17.7 Å². The van der Waals surface area contributed by atoms with E-state index in [9.17, 15) is 19.1 Å². The van der Waals surface area contributed by atoms with Gasteiger partial charge in [-0.2, -0.15) is 0 Å². The van der Waals surface area contributed by atoms with Gasteiger partial charge in [0.1, 0.15) is 11.9 Å². The summed E-state index contributed by atoms with van der Waals surface area (Å²) in [7, 11) is 0. The Kier molecular flexibility index (Phi) is 3.89. The number of carbonyl (C=O) groups is 2. The van der Waals surface area contributed by atoms with Gasteiger partial charge in [0.25, 0.3) is 0 Å². The molecule has 108 valence electrons. The van der Waals surface area contributed by atoms with Crippen molar-refractivity contribution in [2.45, 2.75) is 25.5 Å². The zero-order chi connectivity index (χ0) is 14.9. The molecule has 0 radical (unpaired) electrons. The summed E-state index contributed by atoms with van der Waals surface area (Å²) in [6, 6.07) is 2.21. The van der Waals surface area contributed by atoms with E-state index in [4.69, 9.17) is 5.11 Å². The number of carboxylic acids is 1. The van der Waals surface area contributed by atoms with E-state index in [1.807, 2.05) is 0 Å². The van der Waals surface area contributed by atoms with E-state index in [1.165, 1.54) is 18.2 Å². The van der Waals surface area contributed by atoms with Gasteiger partial charge < -0.3 is 20.4 Å². The number of nitrogens with one attached hydrogen (secondary N) is 1. The molecular formula is C13H15FN2O4. The molecule has 1 aliphatic rings. The number of halogens is 1. The summed E-state index contributed by atoms with van der Waals surface area (Å²) >= 11 is 0. The van der Waals surface area contributed by atoms with Crippen LogP contribution in [-0.2, 0) is 4.79 Å². The number of hydrogen-bond donors (Lipinski definition) is 3. The van der Waals surface area contributed by atoms with Gasteiger partial charge >= 0.3 is 12.0 Å². The highest BCUT2D eigenvalue weighted by atomic mass is 19.1. The molecule has 2 rings (SSSR count). The molecule has 0 spiro atoms. The first-order valence-electron chi connectivity index (χ1n) is 6.13. The van der Waals surface area contributed by atoms with Gasteiger partial charge in [-0.1, -0.05) is 0 Å². The average Bonchev–Trinajstić information content (AvgIpc) is 2.75. The molecular weight excluding hydrogens is 267 g/mol. The molecule has 20 heavy (non-hydrogen) atoms. The molecule has 2 amide bonds. The summed E-state index contributed by atoms with van der Waals surface area (Å²) in [6.07, 6.45) is -0.846. The summed E-state index contributed by atoms with van der Waals surface area (Å²) in [5.74, 6) is -1.58. The number of urea groups is 1. The van der Waals surface area contributed by atoms with E-state index in [0.717, 1.165) is 4.90 Å². The van der Waals surface area contributed by atoms with Crippen LogP contribution in [0.25, 0.3) is 0 Å². The lowest BCUT2D eigenvalue weighted by Crippen LogP contribution is -2.43. The van der Waals surface area contributed by atoms with Crippen molar-refractivity contribution in [2.24, 2.45) is 0 Å². The largest absolute Gasteiger partial charge is 0.480 e. The third-order valence-corrected chi connectivity index (χ3v) is 3.25. The number of aliphatic hydroxyl groups excluding tert-OH is 1. The molecule has 1 aromatic carbocycles. The molecule has 6 nitrogen and oxygen atoms in total. The summed E-state index contributed by atoms with van der Waals surface area (Å²) in [5.41, 5.74) is 0.937. The number of carbonyl (C=O) groups excluding carboxylic acids is 1. The summed E-state index contributed by atoms with van der Waals surface area (Å²) in [5, 5.41) is 21.0. The van der Waals surface area contributed by atoms with Gasteiger partial charge in [0.15, 0.2) is 0 Å². The maximum atomic E-state index is 13.0. The van der Waals surface area contributed by atoms with Crippen LogP contribution in [0, 0.1) is 12.7 Å². The maximum absolute atomic E-state index is 13.0. The lowest BCUT2D eigenvalue weighted by Gasteiger charge is -2.22. The number of amides is 2. The number of carboxylic acid groups (broad SMARTS) is 1. The number of nitrogens with zero attached hydrogens (tertiary/aromatic N) is 1. The number of rotatable bonds is 2. The van der Waals surface area contributed by atoms with E-state index < -0.39 is 30.0 Å². The van der Waals surface area contributed by atoms with Gasteiger partial charge in [-0.3, -0.25) is 0 Å². The van der Waals surface area contributed by atoms with Crippen molar-refractivity contribution in [3.8, 4) is 0 Å². The molecule has 7 heteroatoms. The Bertz CT molecular complexity index is 549. The lowest BCUT2D eigenvalue weighted by molar-refractivity contribution is -0.141. The SMILES string of the molecule is Cc1cc(F)ccc1NC(=O)N1CC(O)CC1C(=O)O. The van der Waals surface area contributed by atoms with Gasteiger partial charge in [0.2, 0.25) is 0 Å². The average molecular weight is 282 g/mol. The van der Waals surface area contributed by atoms with Crippen LogP contribution in [0.4, 0.5) is 14.9 Å². The van der Waals surface area contributed by atoms with Crippen molar-refractivity contribution in [3.05, 3.63) is 29.6 Å². The molecule has 0 aliphatic carbocycles. The van der Waals surface area contributed by atoms with Crippen LogP contribution in [0.15, 0.2) is 18.2 Å². The van der Waals surface area contributed by atoms with Gasteiger partial charge in [-0.15, -0.1) is 0 Å². The third kappa shape index (κ3) is 2.88. The Labute approximate surface area is 114 Å². The minimum Gasteiger partial charge on any atom is -0.480 e. The fourth-order valence-corrected chi connectivity index (χ4v) is 2.23. The summed E-state index contributed by atoms with van der Waals surface area (Å²) < 4.78 is 13.0. The van der Waals surface area contributed by atoms with Crippen LogP contribution in [-0.4, -0.2) is 45.8 Å². The van der Waals surface area contributed by atoms with Crippen LogP contribution < -0.4 is 5.32 Å². The van der Waals surface area contributed by atoms with Crippen LogP contribution in [0.1, 0.15) is 12.0 Å². The van der Waals surface area contributed by atoms with Crippen LogP contribution in [0.3, 0.4) is 0 Å². The second-order valence-corrected chi connectivity index (χ2v) is 4.79. The number of anilines is 1. The monoisotopic (exact) mass is 282 g/mol. The maximum Gasteiger partial charge on any atom is 0.326 e. The number of hydrogen-bond acceptors (Lipinski definition) is 3. The third-order valence-electron chi connectivity index (χ3n) is 3.25. The molecule has 2 atom stereocenters. The molecule has 2 unspecified atom stereocenters. The number of β-amino-alcohol motifs (C(OH)–C–C–N with tert-alkyl or cyclic N) is 1. The highest BCUT2D eigenvalue weighted by Crippen LogP contribution is 2.21. The van der Waals surface area contributed by atoms with E-state index in [0.29, 0.717) is 11.3 Å². The van der Waals surface area contributed by atoms with E-state index >= 15 is 0 Å². The Morgan fingerprint density at radius 2 is 2.15 bits per heavy atom. The van der Waals surface area contributed by atoms with Crippen molar-refractivity contribution in [3.63, 3.8) is 0 Å². The molecule has 0 aromatic heterocycles. The quantitative estimate of drug-likeness (QED) is 0.760. The second kappa shape index (κ2) is 5.46. The van der Waals surface area contributed by atoms with Crippen molar-refractivity contribution in [2.75, 3.05) is 11.9 Å². The minimum absolute atomic E-state index is 0.00511. The van der Waals surface area contributed by atoms with Gasteiger partial charge in [-0.25, -0.2) is 14.0 Å². The van der Waals surface area contributed by atoms with E-state index in [-0.39, 0.29) is 13.0 Å². The van der Waals surface area contributed by atoms with Gasteiger partial charge in [0, 0.05) is 18.7 Å². The standard InChI is InChI=1S/C13H15FN2O4/c1-7-4-8(14)2-3-10(7)15-13(20)16-6-9(17)5-11(16)12(18)19/h2-4,9,11,17H,5-6H2,1H3,(H,15,20)(H,18,19). The van der Waals surface area contributed by atoms with E-state index in [1.54, 1.807) is 6.92 Å². The number of aryl methyl sites for hydroxylation is 1. The first kappa shape index (κ1) is 14.3. The highest BCUT2D eigenvalue weighted by Gasteiger charge is 2.39. The normalized spacial score (nSPS) is 21.9. The van der Waals surface area contributed by atoms with Crippen molar-refractivity contribution in [1.29, 1.82) is 0 Å².